The van der Waals surface area contributed by atoms with E-state index in [1.807, 2.05) is 30.3 Å². The molecule has 1 aliphatic rings. The number of nitrogens with one attached hydrogen (secondary N) is 2. The van der Waals surface area contributed by atoms with Crippen LogP contribution in [-0.4, -0.2) is 22.7 Å². The third-order valence-corrected chi connectivity index (χ3v) is 2.82. The molecule has 0 radical (unpaired) electrons. The van der Waals surface area contributed by atoms with Gasteiger partial charge in [-0.05, 0) is 24.1 Å². The number of rotatable bonds is 4. The summed E-state index contributed by atoms with van der Waals surface area (Å²) >= 11 is 0. The zero-order valence-electron chi connectivity index (χ0n) is 11.1. The molecule has 0 atom stereocenters. The number of benzene rings is 1. The summed E-state index contributed by atoms with van der Waals surface area (Å²) in [6, 6.07) is 9.65. The van der Waals surface area contributed by atoms with E-state index < -0.39 is 5.97 Å². The molecule has 0 amide bonds. The molecule has 5 heteroatoms. The van der Waals surface area contributed by atoms with Gasteiger partial charge in [-0.3, -0.25) is 5.43 Å². The van der Waals surface area contributed by atoms with Crippen LogP contribution in [0.3, 0.4) is 0 Å². The van der Waals surface area contributed by atoms with Gasteiger partial charge in [0, 0.05) is 0 Å². The zero-order valence-corrected chi connectivity index (χ0v) is 11.1. The van der Waals surface area contributed by atoms with Gasteiger partial charge in [-0.15, -0.1) is 6.42 Å². The van der Waals surface area contributed by atoms with Crippen molar-refractivity contribution < 1.29 is 9.90 Å². The lowest BCUT2D eigenvalue weighted by molar-refractivity contribution is -0.135. The number of nitrogens with zero attached hydrogens (tertiary/aromatic N) is 1. The molecular formula is C15H15N3O2. The molecular weight excluding hydrogens is 254 g/mol. The molecule has 0 saturated heterocycles. The minimum absolute atomic E-state index is 0.125. The molecule has 0 aliphatic carbocycles. The van der Waals surface area contributed by atoms with Gasteiger partial charge in [0.15, 0.2) is 5.70 Å². The smallest absolute Gasteiger partial charge is 0.356 e. The fourth-order valence-electron chi connectivity index (χ4n) is 1.94. The SMILES string of the molecule is C#CCNN1NC(c2ccccc2)=CC(C)=C1C(=O)O. The van der Waals surface area contributed by atoms with E-state index in [0.717, 1.165) is 11.3 Å². The van der Waals surface area contributed by atoms with Crippen LogP contribution in [0.5, 0.6) is 0 Å². The molecule has 0 unspecified atom stereocenters. The quantitative estimate of drug-likeness (QED) is 0.720. The van der Waals surface area contributed by atoms with Gasteiger partial charge in [0.2, 0.25) is 0 Å². The molecule has 102 valence electrons. The van der Waals surface area contributed by atoms with E-state index in [4.69, 9.17) is 6.42 Å². The van der Waals surface area contributed by atoms with Gasteiger partial charge in [0.05, 0.1) is 12.2 Å². The van der Waals surface area contributed by atoms with Gasteiger partial charge < -0.3 is 5.11 Å². The average molecular weight is 269 g/mol. The van der Waals surface area contributed by atoms with Gasteiger partial charge in [0.25, 0.3) is 0 Å². The van der Waals surface area contributed by atoms with Crippen molar-refractivity contribution in [3.8, 4) is 12.3 Å². The maximum absolute atomic E-state index is 11.3. The predicted octanol–water partition coefficient (Wildman–Crippen LogP) is 1.34. The van der Waals surface area contributed by atoms with Crippen molar-refractivity contribution in [3.63, 3.8) is 0 Å². The Labute approximate surface area is 117 Å². The van der Waals surface area contributed by atoms with Gasteiger partial charge in [-0.25, -0.2) is 15.3 Å². The van der Waals surface area contributed by atoms with E-state index in [1.165, 1.54) is 5.12 Å². The van der Waals surface area contributed by atoms with Crippen LogP contribution in [-0.2, 0) is 4.79 Å². The van der Waals surface area contributed by atoms with Crippen LogP contribution < -0.4 is 10.9 Å². The molecule has 1 aromatic rings. The summed E-state index contributed by atoms with van der Waals surface area (Å²) in [5.41, 5.74) is 8.38. The van der Waals surface area contributed by atoms with Crippen molar-refractivity contribution in [2.75, 3.05) is 6.54 Å². The molecule has 0 bridgehead atoms. The van der Waals surface area contributed by atoms with E-state index in [1.54, 1.807) is 13.0 Å². The molecule has 5 nitrogen and oxygen atoms in total. The molecule has 1 aliphatic heterocycles. The first-order chi connectivity index (χ1) is 9.63. The molecule has 0 saturated carbocycles. The lowest BCUT2D eigenvalue weighted by Gasteiger charge is -2.31. The molecule has 0 fully saturated rings. The second-order valence-electron chi connectivity index (χ2n) is 4.25. The first kappa shape index (κ1) is 13.7. The number of allylic oxidation sites excluding steroid dienone is 2. The highest BCUT2D eigenvalue weighted by molar-refractivity contribution is 5.89. The molecule has 1 heterocycles. The molecule has 2 rings (SSSR count). The van der Waals surface area contributed by atoms with E-state index in [-0.39, 0.29) is 12.2 Å². The van der Waals surface area contributed by atoms with E-state index in [2.05, 4.69) is 16.8 Å². The van der Waals surface area contributed by atoms with Gasteiger partial charge in [0.1, 0.15) is 0 Å². The Kier molecular flexibility index (Phi) is 4.08. The molecule has 3 N–H and O–H groups in total. The predicted molar refractivity (Wildman–Crippen MR) is 76.6 cm³/mol. The Morgan fingerprint density at radius 1 is 1.45 bits per heavy atom. The fraction of sp³-hybridized carbons (Fsp3) is 0.133. The highest BCUT2D eigenvalue weighted by Crippen LogP contribution is 2.22. The normalized spacial score (nSPS) is 14.4. The topological polar surface area (TPSA) is 64.6 Å². The van der Waals surface area contributed by atoms with Crippen LogP contribution in [0.4, 0.5) is 0 Å². The maximum atomic E-state index is 11.3. The second kappa shape index (κ2) is 5.95. The number of terminal acetylenes is 1. The summed E-state index contributed by atoms with van der Waals surface area (Å²) in [7, 11) is 0. The van der Waals surface area contributed by atoms with E-state index in [9.17, 15) is 9.90 Å². The molecule has 0 aromatic heterocycles. The standard InChI is InChI=1S/C15H15N3O2/c1-3-9-16-18-14(15(19)20)11(2)10-13(17-18)12-7-5-4-6-8-12/h1,4-8,10,16-17H,9H2,2H3,(H,19,20). The number of carboxylic acid groups (broad SMARTS) is 1. The van der Waals surface area contributed by atoms with Gasteiger partial charge in [-0.1, -0.05) is 36.3 Å². The Morgan fingerprint density at radius 3 is 2.75 bits per heavy atom. The lowest BCUT2D eigenvalue weighted by Crippen LogP contribution is -2.50. The number of hydrogen-bond donors (Lipinski definition) is 3. The van der Waals surface area contributed by atoms with Crippen LogP contribution in [0.1, 0.15) is 12.5 Å². The summed E-state index contributed by atoms with van der Waals surface area (Å²) in [5, 5.41) is 10.6. The largest absolute Gasteiger partial charge is 0.476 e. The summed E-state index contributed by atoms with van der Waals surface area (Å²) in [6.45, 7) is 1.97. The first-order valence-corrected chi connectivity index (χ1v) is 6.08. The van der Waals surface area contributed by atoms with Gasteiger partial charge in [-0.2, -0.15) is 0 Å². The minimum Gasteiger partial charge on any atom is -0.476 e. The molecule has 20 heavy (non-hydrogen) atoms. The summed E-state index contributed by atoms with van der Waals surface area (Å²) in [4.78, 5) is 11.3. The number of carbonyl (C=O) groups is 1. The van der Waals surface area contributed by atoms with E-state index in [0.29, 0.717) is 5.57 Å². The number of hydrazine groups is 2. The lowest BCUT2D eigenvalue weighted by atomic mass is 10.1. The Balaban J connectivity index is 2.37. The van der Waals surface area contributed by atoms with Crippen LogP contribution in [0.15, 0.2) is 47.7 Å². The Hall–Kier alpha value is -2.71. The number of hydrogen-bond acceptors (Lipinski definition) is 4. The average Bonchev–Trinajstić information content (AvgIpc) is 2.45. The van der Waals surface area contributed by atoms with Crippen LogP contribution in [0.25, 0.3) is 5.70 Å². The third-order valence-electron chi connectivity index (χ3n) is 2.82. The summed E-state index contributed by atoms with van der Waals surface area (Å²) in [5.74, 6) is 1.39. The van der Waals surface area contributed by atoms with Crippen molar-refractivity contribution in [1.82, 2.24) is 16.0 Å². The van der Waals surface area contributed by atoms with Gasteiger partial charge >= 0.3 is 5.97 Å². The highest BCUT2D eigenvalue weighted by Gasteiger charge is 2.24. The maximum Gasteiger partial charge on any atom is 0.356 e. The van der Waals surface area contributed by atoms with Crippen molar-refractivity contribution in [2.24, 2.45) is 0 Å². The van der Waals surface area contributed by atoms with E-state index >= 15 is 0 Å². The van der Waals surface area contributed by atoms with Crippen molar-refractivity contribution in [1.29, 1.82) is 0 Å². The fourth-order valence-corrected chi connectivity index (χ4v) is 1.94. The first-order valence-electron chi connectivity index (χ1n) is 6.08. The van der Waals surface area contributed by atoms with Crippen LogP contribution in [0.2, 0.25) is 0 Å². The monoisotopic (exact) mass is 269 g/mol. The highest BCUT2D eigenvalue weighted by atomic mass is 16.4. The third kappa shape index (κ3) is 2.82. The van der Waals surface area contributed by atoms with Crippen molar-refractivity contribution >= 4 is 11.7 Å². The molecule has 1 aromatic carbocycles. The minimum atomic E-state index is -1.03. The zero-order chi connectivity index (χ0) is 14.5. The number of aliphatic carboxylic acids is 1. The van der Waals surface area contributed by atoms with Crippen LogP contribution in [0, 0.1) is 12.3 Å². The second-order valence-corrected chi connectivity index (χ2v) is 4.25. The Bertz CT molecular complexity index is 612. The Morgan fingerprint density at radius 2 is 2.15 bits per heavy atom. The van der Waals surface area contributed by atoms with Crippen molar-refractivity contribution in [3.05, 3.63) is 53.2 Å². The van der Waals surface area contributed by atoms with Crippen molar-refractivity contribution in [2.45, 2.75) is 6.92 Å². The molecule has 0 spiro atoms. The number of carboxylic acids is 1. The van der Waals surface area contributed by atoms with Crippen LogP contribution >= 0.6 is 0 Å². The summed E-state index contributed by atoms with van der Waals surface area (Å²) in [6.07, 6.45) is 7.00. The summed E-state index contributed by atoms with van der Waals surface area (Å²) < 4.78 is 0.